The van der Waals surface area contributed by atoms with E-state index in [0.717, 1.165) is 53.0 Å². The van der Waals surface area contributed by atoms with E-state index in [9.17, 15) is 0 Å². The monoisotopic (exact) mass is 382 g/mol. The predicted molar refractivity (Wildman–Crippen MR) is 119 cm³/mol. The van der Waals surface area contributed by atoms with E-state index in [4.69, 9.17) is 4.52 Å². The summed E-state index contributed by atoms with van der Waals surface area (Å²) < 4.78 is 5.73. The summed E-state index contributed by atoms with van der Waals surface area (Å²) in [5.41, 5.74) is 9.56. The van der Waals surface area contributed by atoms with Crippen LogP contribution in [0.1, 0.15) is 37.5 Å². The van der Waals surface area contributed by atoms with E-state index in [1.54, 1.807) is 0 Å². The van der Waals surface area contributed by atoms with Crippen LogP contribution in [0, 0.1) is 0 Å². The summed E-state index contributed by atoms with van der Waals surface area (Å²) in [4.78, 5) is 4.43. The van der Waals surface area contributed by atoms with Crippen molar-refractivity contribution in [3.05, 3.63) is 83.7 Å². The minimum Gasteiger partial charge on any atom is -0.356 e. The zero-order valence-corrected chi connectivity index (χ0v) is 17.3. The van der Waals surface area contributed by atoms with Gasteiger partial charge in [0.1, 0.15) is 0 Å². The Balaban J connectivity index is 1.74. The summed E-state index contributed by atoms with van der Waals surface area (Å²) >= 11 is 0. The van der Waals surface area contributed by atoms with Crippen molar-refractivity contribution in [3.8, 4) is 33.7 Å². The number of aromatic nitrogens is 2. The standard InChI is InChI=1S/C26H26N2O/c1-4-18-15-22(16-19(5-2)23(18)6-3)26-24(17-28-29-26)20-10-12-21(13-11-20)25-9-7-8-14-27-25/h7-17H,4-6H2,1-3H3. The highest BCUT2D eigenvalue weighted by Gasteiger charge is 2.16. The van der Waals surface area contributed by atoms with Crippen LogP contribution in [-0.2, 0) is 19.3 Å². The second-order valence-corrected chi connectivity index (χ2v) is 7.19. The molecule has 0 unspecified atom stereocenters. The van der Waals surface area contributed by atoms with Crippen LogP contribution in [0.25, 0.3) is 33.7 Å². The van der Waals surface area contributed by atoms with Crippen molar-refractivity contribution in [1.82, 2.24) is 10.1 Å². The number of rotatable bonds is 6. The molecule has 0 aliphatic rings. The van der Waals surface area contributed by atoms with Crippen LogP contribution in [0.15, 0.2) is 71.5 Å². The highest BCUT2D eigenvalue weighted by Crippen LogP contribution is 2.35. The van der Waals surface area contributed by atoms with E-state index in [1.165, 1.54) is 16.7 Å². The third-order valence-corrected chi connectivity index (χ3v) is 5.54. The van der Waals surface area contributed by atoms with Gasteiger partial charge in [0.05, 0.1) is 11.9 Å². The first-order chi connectivity index (χ1) is 14.2. The fraction of sp³-hybridized carbons (Fsp3) is 0.231. The normalized spacial score (nSPS) is 11.0. The molecule has 3 heteroatoms. The number of hydrogen-bond donors (Lipinski definition) is 0. The lowest BCUT2D eigenvalue weighted by Gasteiger charge is -2.14. The van der Waals surface area contributed by atoms with E-state index in [1.807, 2.05) is 30.6 Å². The molecule has 0 saturated heterocycles. The van der Waals surface area contributed by atoms with E-state index in [2.05, 4.69) is 67.3 Å². The Morgan fingerprint density at radius 2 is 1.45 bits per heavy atom. The Labute approximate surface area is 172 Å². The van der Waals surface area contributed by atoms with E-state index >= 15 is 0 Å². The molecule has 0 radical (unpaired) electrons. The Hall–Kier alpha value is -3.20. The third-order valence-electron chi connectivity index (χ3n) is 5.54. The summed E-state index contributed by atoms with van der Waals surface area (Å²) in [5.74, 6) is 0.836. The first-order valence-corrected chi connectivity index (χ1v) is 10.4. The minimum absolute atomic E-state index is 0.836. The lowest BCUT2D eigenvalue weighted by molar-refractivity contribution is 0.432. The highest BCUT2D eigenvalue weighted by atomic mass is 16.5. The maximum Gasteiger partial charge on any atom is 0.174 e. The Morgan fingerprint density at radius 1 is 0.759 bits per heavy atom. The van der Waals surface area contributed by atoms with Gasteiger partial charge in [0.2, 0.25) is 0 Å². The van der Waals surface area contributed by atoms with Gasteiger partial charge in [-0.2, -0.15) is 0 Å². The summed E-state index contributed by atoms with van der Waals surface area (Å²) in [5, 5.41) is 4.12. The largest absolute Gasteiger partial charge is 0.356 e. The van der Waals surface area contributed by atoms with Crippen LogP contribution in [0.4, 0.5) is 0 Å². The molecule has 0 spiro atoms. The Bertz CT molecular complexity index is 1070. The highest BCUT2D eigenvalue weighted by molar-refractivity contribution is 5.80. The molecule has 0 aliphatic heterocycles. The smallest absolute Gasteiger partial charge is 0.174 e. The number of pyridine rings is 1. The average molecular weight is 383 g/mol. The zero-order valence-electron chi connectivity index (χ0n) is 17.3. The van der Waals surface area contributed by atoms with Gasteiger partial charge < -0.3 is 4.52 Å². The molecule has 0 fully saturated rings. The van der Waals surface area contributed by atoms with Gasteiger partial charge in [-0.05, 0) is 65.8 Å². The molecule has 4 rings (SSSR count). The molecule has 0 N–H and O–H groups in total. The molecule has 29 heavy (non-hydrogen) atoms. The lowest BCUT2D eigenvalue weighted by atomic mass is 9.91. The number of nitrogens with zero attached hydrogens (tertiary/aromatic N) is 2. The SMILES string of the molecule is CCc1cc(-c2oncc2-c2ccc(-c3ccccn3)cc2)cc(CC)c1CC. The fourth-order valence-electron chi connectivity index (χ4n) is 4.02. The van der Waals surface area contributed by atoms with E-state index in [0.29, 0.717) is 0 Å². The van der Waals surface area contributed by atoms with Crippen LogP contribution in [0.5, 0.6) is 0 Å². The molecule has 0 atom stereocenters. The van der Waals surface area contributed by atoms with Gasteiger partial charge in [0.25, 0.3) is 0 Å². The van der Waals surface area contributed by atoms with E-state index < -0.39 is 0 Å². The van der Waals surface area contributed by atoms with Gasteiger partial charge in [-0.1, -0.05) is 56.3 Å². The molecular weight excluding hydrogens is 356 g/mol. The molecule has 0 saturated carbocycles. The zero-order chi connectivity index (χ0) is 20.2. The van der Waals surface area contributed by atoms with Crippen LogP contribution >= 0.6 is 0 Å². The van der Waals surface area contributed by atoms with Gasteiger partial charge in [-0.15, -0.1) is 0 Å². The first kappa shape index (κ1) is 19.1. The van der Waals surface area contributed by atoms with Crippen molar-refractivity contribution in [2.45, 2.75) is 40.0 Å². The summed E-state index contributed by atoms with van der Waals surface area (Å²) in [6.07, 6.45) is 6.73. The number of aryl methyl sites for hydroxylation is 2. The molecule has 3 nitrogen and oxygen atoms in total. The fourth-order valence-corrected chi connectivity index (χ4v) is 4.02. The van der Waals surface area contributed by atoms with Gasteiger partial charge in [0.15, 0.2) is 5.76 Å². The van der Waals surface area contributed by atoms with Crippen molar-refractivity contribution >= 4 is 0 Å². The molecule has 2 heterocycles. The second-order valence-electron chi connectivity index (χ2n) is 7.19. The van der Waals surface area contributed by atoms with Crippen molar-refractivity contribution in [1.29, 1.82) is 0 Å². The third kappa shape index (κ3) is 3.73. The first-order valence-electron chi connectivity index (χ1n) is 10.4. The maximum atomic E-state index is 5.73. The minimum atomic E-state index is 0.836. The van der Waals surface area contributed by atoms with Crippen LogP contribution in [-0.4, -0.2) is 10.1 Å². The summed E-state index contributed by atoms with van der Waals surface area (Å²) in [6.45, 7) is 6.67. The van der Waals surface area contributed by atoms with Crippen molar-refractivity contribution in [2.75, 3.05) is 0 Å². The second kappa shape index (κ2) is 8.44. The van der Waals surface area contributed by atoms with Crippen LogP contribution < -0.4 is 0 Å². The molecule has 0 aliphatic carbocycles. The van der Waals surface area contributed by atoms with Gasteiger partial charge in [-0.3, -0.25) is 4.98 Å². The molecule has 0 bridgehead atoms. The maximum absolute atomic E-state index is 5.73. The van der Waals surface area contributed by atoms with Crippen molar-refractivity contribution in [2.24, 2.45) is 0 Å². The van der Waals surface area contributed by atoms with E-state index in [-0.39, 0.29) is 0 Å². The lowest BCUT2D eigenvalue weighted by Crippen LogP contribution is -1.99. The number of benzene rings is 2. The molecular formula is C26H26N2O. The van der Waals surface area contributed by atoms with Gasteiger partial charge >= 0.3 is 0 Å². The molecule has 146 valence electrons. The van der Waals surface area contributed by atoms with Gasteiger partial charge in [-0.25, -0.2) is 0 Å². The van der Waals surface area contributed by atoms with Crippen LogP contribution in [0.2, 0.25) is 0 Å². The quantitative estimate of drug-likeness (QED) is 0.370. The molecule has 2 aromatic heterocycles. The molecule has 4 aromatic rings. The van der Waals surface area contributed by atoms with Crippen molar-refractivity contribution < 1.29 is 4.52 Å². The summed E-state index contributed by atoms with van der Waals surface area (Å²) in [7, 11) is 0. The van der Waals surface area contributed by atoms with Crippen molar-refractivity contribution in [3.63, 3.8) is 0 Å². The Morgan fingerprint density at radius 3 is 2.03 bits per heavy atom. The summed E-state index contributed by atoms with van der Waals surface area (Å²) in [6, 6.07) is 18.9. The topological polar surface area (TPSA) is 38.9 Å². The average Bonchev–Trinajstić information content (AvgIpc) is 3.28. The van der Waals surface area contributed by atoms with Gasteiger partial charge in [0, 0.05) is 22.9 Å². The molecule has 2 aromatic carbocycles. The number of hydrogen-bond acceptors (Lipinski definition) is 3. The Kier molecular flexibility index (Phi) is 5.57. The molecule has 0 amide bonds. The van der Waals surface area contributed by atoms with Crippen LogP contribution in [0.3, 0.4) is 0 Å². The predicted octanol–water partition coefficient (Wildman–Crippen LogP) is 6.76.